The average molecular weight is 835 g/mol. The van der Waals surface area contributed by atoms with Crippen molar-refractivity contribution in [3.8, 4) is 0 Å². The summed E-state index contributed by atoms with van der Waals surface area (Å²) in [4.78, 5) is 114. The minimum atomic E-state index is -1.51. The van der Waals surface area contributed by atoms with E-state index in [0.29, 0.717) is 5.56 Å². The molecule has 7 amide bonds. The third kappa shape index (κ3) is 19.1. The summed E-state index contributed by atoms with van der Waals surface area (Å²) in [5, 5.41) is 44.8. The molecular formula is C39H62N8O12. The van der Waals surface area contributed by atoms with Crippen LogP contribution in [0, 0.1) is 17.8 Å². The van der Waals surface area contributed by atoms with Gasteiger partial charge in [-0.3, -0.25) is 38.4 Å². The molecule has 0 spiro atoms. The van der Waals surface area contributed by atoms with E-state index >= 15 is 0 Å². The molecular weight excluding hydrogens is 772 g/mol. The van der Waals surface area contributed by atoms with Crippen LogP contribution in [0.25, 0.3) is 0 Å². The number of carboxylic acids is 2. The van der Waals surface area contributed by atoms with E-state index in [9.17, 15) is 58.5 Å². The molecule has 1 rings (SSSR count). The van der Waals surface area contributed by atoms with Crippen LogP contribution < -0.4 is 43.4 Å². The summed E-state index contributed by atoms with van der Waals surface area (Å²) in [5.41, 5.74) is 11.8. The number of aliphatic hydroxyl groups excluding tert-OH is 1. The van der Waals surface area contributed by atoms with Crippen LogP contribution >= 0.6 is 0 Å². The largest absolute Gasteiger partial charge is 0.481 e. The van der Waals surface area contributed by atoms with Crippen molar-refractivity contribution in [2.45, 2.75) is 135 Å². The predicted octanol–water partition coefficient (Wildman–Crippen LogP) is -1.58. The zero-order chi connectivity index (χ0) is 45.1. The van der Waals surface area contributed by atoms with Crippen molar-refractivity contribution in [2.75, 3.05) is 0 Å². The molecule has 0 aliphatic carbocycles. The fourth-order valence-corrected chi connectivity index (χ4v) is 5.71. The molecule has 0 fully saturated rings. The van der Waals surface area contributed by atoms with Crippen molar-refractivity contribution in [3.63, 3.8) is 0 Å². The summed E-state index contributed by atoms with van der Waals surface area (Å²) in [6, 6.07) is -0.500. The molecule has 1 aromatic rings. The number of aliphatic hydroxyl groups is 1. The van der Waals surface area contributed by atoms with Gasteiger partial charge >= 0.3 is 11.9 Å². The number of aliphatic carboxylic acids is 2. The maximum Gasteiger partial charge on any atom is 0.326 e. The number of hydrogen-bond acceptors (Lipinski definition) is 11. The van der Waals surface area contributed by atoms with Crippen LogP contribution in [0.3, 0.4) is 0 Å². The number of nitrogens with one attached hydrogen (secondary N) is 6. The zero-order valence-electron chi connectivity index (χ0n) is 34.7. The molecule has 20 nitrogen and oxygen atoms in total. The molecule has 59 heavy (non-hydrogen) atoms. The summed E-state index contributed by atoms with van der Waals surface area (Å²) in [5.74, 6) is -9.50. The van der Waals surface area contributed by atoms with Gasteiger partial charge in [0.1, 0.15) is 30.2 Å². The molecule has 0 aliphatic rings. The molecule has 0 radical (unpaired) electrons. The molecule has 20 heteroatoms. The first kappa shape index (κ1) is 51.4. The lowest BCUT2D eigenvalue weighted by Crippen LogP contribution is -2.58. The maximum atomic E-state index is 13.4. The van der Waals surface area contributed by atoms with Crippen molar-refractivity contribution < 1.29 is 58.5 Å². The Labute approximate surface area is 343 Å². The van der Waals surface area contributed by atoms with Gasteiger partial charge < -0.3 is 58.7 Å². The zero-order valence-corrected chi connectivity index (χ0v) is 34.7. The summed E-state index contributed by atoms with van der Waals surface area (Å²) in [6.07, 6.45) is -3.55. The van der Waals surface area contributed by atoms with Crippen LogP contribution in [0.15, 0.2) is 30.3 Å². The van der Waals surface area contributed by atoms with E-state index in [4.69, 9.17) is 11.5 Å². The Hall–Kier alpha value is -5.63. The van der Waals surface area contributed by atoms with Gasteiger partial charge in [-0.25, -0.2) is 4.79 Å². The first-order valence-electron chi connectivity index (χ1n) is 19.4. The Balaban J connectivity index is 3.05. The molecule has 13 N–H and O–H groups in total. The second-order valence-corrected chi connectivity index (χ2v) is 15.6. The molecule has 0 bridgehead atoms. The minimum absolute atomic E-state index is 0.0917. The topological polar surface area (TPSA) is 339 Å². The molecule has 0 unspecified atom stereocenters. The summed E-state index contributed by atoms with van der Waals surface area (Å²) in [7, 11) is 0. The maximum absolute atomic E-state index is 13.4. The number of rotatable bonds is 26. The number of primary amides is 1. The fourth-order valence-electron chi connectivity index (χ4n) is 5.71. The Kier molecular flexibility index (Phi) is 21.8. The van der Waals surface area contributed by atoms with Gasteiger partial charge in [-0.2, -0.15) is 0 Å². The third-order valence-electron chi connectivity index (χ3n) is 9.17. The summed E-state index contributed by atoms with van der Waals surface area (Å²) < 4.78 is 0. The van der Waals surface area contributed by atoms with E-state index in [1.807, 2.05) is 0 Å². The van der Waals surface area contributed by atoms with Gasteiger partial charge in [0.25, 0.3) is 0 Å². The van der Waals surface area contributed by atoms with Gasteiger partial charge in [-0.15, -0.1) is 0 Å². The lowest BCUT2D eigenvalue weighted by atomic mass is 9.95. The lowest BCUT2D eigenvalue weighted by Gasteiger charge is -2.29. The quantitative estimate of drug-likeness (QED) is 0.0503. The standard InChI is InChI=1S/C39H62N8O12/c1-19(2)15-25(44-36(55)26(17-29(40)49)45-37(56)32(41)20(3)4)28(48)18-30(50)47-33(21(5)6)38(57)42-22(7)34(53)43-24(13-14-31(51)52)35(54)46-27(39(58)59)16-23-11-9-8-10-12-23/h8-12,19-22,24-28,32-33,48H,13-18,41H2,1-7H3,(H2,40,49)(H,42,57)(H,43,53)(H,44,55)(H,45,56)(H,46,54)(H,47,50)(H,51,52)(H,58,59)/t22-,24-,25-,26-,27-,28-,32-,33-/m0/s1. The van der Waals surface area contributed by atoms with Crippen LogP contribution in [0.4, 0.5) is 0 Å². The third-order valence-corrected chi connectivity index (χ3v) is 9.17. The molecule has 1 aromatic carbocycles. The first-order chi connectivity index (χ1) is 27.4. The van der Waals surface area contributed by atoms with Crippen LogP contribution in [-0.4, -0.2) is 117 Å². The van der Waals surface area contributed by atoms with E-state index in [1.54, 1.807) is 71.9 Å². The minimum Gasteiger partial charge on any atom is -0.481 e. The Bertz CT molecular complexity index is 1620. The monoisotopic (exact) mass is 834 g/mol. The van der Waals surface area contributed by atoms with Crippen molar-refractivity contribution in [1.29, 1.82) is 0 Å². The smallest absolute Gasteiger partial charge is 0.326 e. The molecule has 0 heterocycles. The Morgan fingerprint density at radius 3 is 1.71 bits per heavy atom. The van der Waals surface area contributed by atoms with Gasteiger partial charge in [0.15, 0.2) is 0 Å². The van der Waals surface area contributed by atoms with E-state index in [1.165, 1.54) is 6.92 Å². The van der Waals surface area contributed by atoms with E-state index in [-0.39, 0.29) is 24.7 Å². The fraction of sp³-hybridized carbons (Fsp3) is 0.615. The second kappa shape index (κ2) is 25.0. The highest BCUT2D eigenvalue weighted by Gasteiger charge is 2.34. The molecule has 0 aromatic heterocycles. The molecule has 0 saturated heterocycles. The highest BCUT2D eigenvalue weighted by atomic mass is 16.4. The number of carboxylic acid groups (broad SMARTS) is 2. The highest BCUT2D eigenvalue weighted by Crippen LogP contribution is 2.14. The van der Waals surface area contributed by atoms with Crippen LogP contribution in [0.1, 0.15) is 86.1 Å². The van der Waals surface area contributed by atoms with Gasteiger partial charge in [0.05, 0.1) is 31.0 Å². The predicted molar refractivity (Wildman–Crippen MR) is 213 cm³/mol. The van der Waals surface area contributed by atoms with Crippen molar-refractivity contribution in [2.24, 2.45) is 29.2 Å². The Morgan fingerprint density at radius 1 is 0.644 bits per heavy atom. The van der Waals surface area contributed by atoms with Crippen LogP contribution in [-0.2, 0) is 49.6 Å². The van der Waals surface area contributed by atoms with Gasteiger partial charge in [-0.1, -0.05) is 71.9 Å². The second-order valence-electron chi connectivity index (χ2n) is 15.6. The number of nitrogens with two attached hydrogens (primary N) is 2. The number of benzene rings is 1. The van der Waals surface area contributed by atoms with Crippen molar-refractivity contribution >= 4 is 53.3 Å². The normalized spacial score (nSPS) is 15.3. The molecule has 8 atom stereocenters. The van der Waals surface area contributed by atoms with Crippen molar-refractivity contribution in [1.82, 2.24) is 31.9 Å². The number of hydrogen-bond donors (Lipinski definition) is 11. The van der Waals surface area contributed by atoms with E-state index < -0.39 is 133 Å². The van der Waals surface area contributed by atoms with Crippen molar-refractivity contribution in [3.05, 3.63) is 35.9 Å². The average Bonchev–Trinajstić information content (AvgIpc) is 3.13. The Morgan fingerprint density at radius 2 is 1.20 bits per heavy atom. The summed E-state index contributed by atoms with van der Waals surface area (Å²) in [6.45, 7) is 11.5. The number of amides is 7. The molecule has 0 saturated carbocycles. The van der Waals surface area contributed by atoms with E-state index in [2.05, 4.69) is 31.9 Å². The highest BCUT2D eigenvalue weighted by molar-refractivity contribution is 5.95. The van der Waals surface area contributed by atoms with Gasteiger partial charge in [0, 0.05) is 12.8 Å². The van der Waals surface area contributed by atoms with Crippen LogP contribution in [0.2, 0.25) is 0 Å². The number of carbonyl (C=O) groups is 9. The lowest BCUT2D eigenvalue weighted by molar-refractivity contribution is -0.143. The molecule has 0 aliphatic heterocycles. The van der Waals surface area contributed by atoms with E-state index in [0.717, 1.165) is 0 Å². The SMILES string of the molecule is CC(C)C[C@H](NC(=O)[C@H](CC(N)=O)NC(=O)[C@@H](N)C(C)C)[C@@H](O)CC(=O)N[C@H](C(=O)N[C@@H](C)C(=O)N[C@@H](CCC(=O)O)C(=O)N[C@@H](Cc1ccccc1)C(=O)O)C(C)C. The molecule has 330 valence electrons. The summed E-state index contributed by atoms with van der Waals surface area (Å²) >= 11 is 0. The van der Waals surface area contributed by atoms with Gasteiger partial charge in [-0.05, 0) is 43.1 Å². The van der Waals surface area contributed by atoms with Crippen LogP contribution in [0.5, 0.6) is 0 Å². The number of carbonyl (C=O) groups excluding carboxylic acids is 7. The van der Waals surface area contributed by atoms with Gasteiger partial charge in [0.2, 0.25) is 41.4 Å². The first-order valence-corrected chi connectivity index (χ1v) is 19.4.